The van der Waals surface area contributed by atoms with Crippen LogP contribution in [-0.2, 0) is 24.4 Å². The van der Waals surface area contributed by atoms with E-state index in [1.807, 2.05) is 31.2 Å². The van der Waals surface area contributed by atoms with Crippen molar-refractivity contribution in [2.75, 3.05) is 6.54 Å². The lowest BCUT2D eigenvalue weighted by Crippen LogP contribution is -2.34. The van der Waals surface area contributed by atoms with E-state index in [4.69, 9.17) is 13.6 Å². The largest absolute Gasteiger partial charge is 0.486 e. The number of aryl methyl sites for hydroxylation is 1. The predicted molar refractivity (Wildman–Crippen MR) is 136 cm³/mol. The van der Waals surface area contributed by atoms with Crippen LogP contribution >= 0.6 is 0 Å². The van der Waals surface area contributed by atoms with E-state index in [2.05, 4.69) is 39.5 Å². The normalized spacial score (nSPS) is 13.7. The molecule has 37 heavy (non-hydrogen) atoms. The first kappa shape index (κ1) is 24.2. The van der Waals surface area contributed by atoms with Crippen LogP contribution in [0.4, 0.5) is 0 Å². The Hall–Kier alpha value is -4.47. The number of hydrogen-bond donors (Lipinski definition) is 1. The Bertz CT molecular complexity index is 1420. The van der Waals surface area contributed by atoms with Crippen LogP contribution in [0.1, 0.15) is 48.1 Å². The van der Waals surface area contributed by atoms with Gasteiger partial charge in [-0.1, -0.05) is 19.9 Å². The summed E-state index contributed by atoms with van der Waals surface area (Å²) in [6.07, 6.45) is 9.40. The second kappa shape index (κ2) is 10.7. The first-order valence-corrected chi connectivity index (χ1v) is 12.1. The van der Waals surface area contributed by atoms with E-state index in [0.717, 1.165) is 16.7 Å². The molecule has 0 radical (unpaired) electrons. The average Bonchev–Trinajstić information content (AvgIpc) is 3.67. The van der Waals surface area contributed by atoms with E-state index in [1.165, 1.54) is 6.08 Å². The van der Waals surface area contributed by atoms with Crippen molar-refractivity contribution in [2.45, 2.75) is 40.3 Å². The van der Waals surface area contributed by atoms with Gasteiger partial charge in [0.05, 0.1) is 11.8 Å². The highest BCUT2D eigenvalue weighted by Crippen LogP contribution is 2.34. The lowest BCUT2D eigenvalue weighted by Gasteiger charge is -2.29. The van der Waals surface area contributed by atoms with Gasteiger partial charge in [0.25, 0.3) is 0 Å². The summed E-state index contributed by atoms with van der Waals surface area (Å²) in [5, 5.41) is 14.5. The number of nitrogens with zero attached hydrogens (tertiary/aromatic N) is 5. The number of benzene rings is 1. The summed E-state index contributed by atoms with van der Waals surface area (Å²) in [6, 6.07) is 7.56. The number of oxazole rings is 1. The van der Waals surface area contributed by atoms with Crippen molar-refractivity contribution >= 4 is 18.1 Å². The Kier molecular flexibility index (Phi) is 6.98. The summed E-state index contributed by atoms with van der Waals surface area (Å²) in [6.45, 7) is 7.33. The highest BCUT2D eigenvalue weighted by atomic mass is 16.5. The molecular formula is C27H28N6O4. The Morgan fingerprint density at radius 2 is 2.16 bits per heavy atom. The molecule has 4 aromatic rings. The van der Waals surface area contributed by atoms with E-state index in [1.54, 1.807) is 29.4 Å². The molecule has 1 aliphatic rings. The molecule has 1 N–H and O–H groups in total. The standard InChI is InChI=1S/C27H28N6O4/c1-17(2)6-8-25-28-23(18(3)37-25)16-36-24-14-20-15-33(26(34)9-7-21-5-4-12-35-21)11-10-19(20)13-22(24)27-29-31-32-30-27/h4-9,12-14,17H,10-11,15-16H2,1-3H3,(H,29,30,31,32)/b8-6+,9-7+. The number of tetrazole rings is 1. The quantitative estimate of drug-likeness (QED) is 0.348. The third-order valence-electron chi connectivity index (χ3n) is 6.04. The van der Waals surface area contributed by atoms with E-state index < -0.39 is 0 Å². The molecule has 1 amide bonds. The number of rotatable bonds is 8. The van der Waals surface area contributed by atoms with Gasteiger partial charge < -0.3 is 18.5 Å². The minimum absolute atomic E-state index is 0.0769. The van der Waals surface area contributed by atoms with Gasteiger partial charge in [0.15, 0.2) is 0 Å². The van der Waals surface area contributed by atoms with Crippen molar-refractivity contribution in [3.63, 3.8) is 0 Å². The van der Waals surface area contributed by atoms with Gasteiger partial charge >= 0.3 is 0 Å². The summed E-state index contributed by atoms with van der Waals surface area (Å²) in [7, 11) is 0. The van der Waals surface area contributed by atoms with Gasteiger partial charge in [-0.05, 0) is 72.0 Å². The molecule has 0 spiro atoms. The fourth-order valence-corrected chi connectivity index (χ4v) is 4.07. The van der Waals surface area contributed by atoms with Gasteiger partial charge in [-0.3, -0.25) is 4.79 Å². The molecule has 4 heterocycles. The Morgan fingerprint density at radius 1 is 1.27 bits per heavy atom. The molecule has 0 fully saturated rings. The van der Waals surface area contributed by atoms with Crippen molar-refractivity contribution in [1.82, 2.24) is 30.5 Å². The van der Waals surface area contributed by atoms with Gasteiger partial charge in [-0.25, -0.2) is 4.98 Å². The molecule has 3 aromatic heterocycles. The molecule has 0 saturated heterocycles. The van der Waals surface area contributed by atoms with Gasteiger partial charge in [0.2, 0.25) is 17.6 Å². The van der Waals surface area contributed by atoms with E-state index in [0.29, 0.717) is 60.1 Å². The third-order valence-corrected chi connectivity index (χ3v) is 6.04. The summed E-state index contributed by atoms with van der Waals surface area (Å²) >= 11 is 0. The van der Waals surface area contributed by atoms with E-state index in [9.17, 15) is 4.79 Å². The SMILES string of the molecule is Cc1oc(/C=C/C(C)C)nc1COc1cc2c(cc1-c1nn[nH]n1)CCN(C(=O)/C=C/c1ccco1)C2. The zero-order chi connectivity index (χ0) is 25.8. The minimum atomic E-state index is -0.0769. The zero-order valence-electron chi connectivity index (χ0n) is 21.0. The maximum Gasteiger partial charge on any atom is 0.246 e. The lowest BCUT2D eigenvalue weighted by atomic mass is 9.96. The van der Waals surface area contributed by atoms with Crippen LogP contribution in [0.3, 0.4) is 0 Å². The van der Waals surface area contributed by atoms with Crippen molar-refractivity contribution < 1.29 is 18.4 Å². The molecule has 1 aliphatic heterocycles. The number of H-pyrrole nitrogens is 1. The Morgan fingerprint density at radius 3 is 2.92 bits per heavy atom. The monoisotopic (exact) mass is 500 g/mol. The maximum atomic E-state index is 12.8. The molecule has 0 atom stereocenters. The maximum absolute atomic E-state index is 12.8. The van der Waals surface area contributed by atoms with Crippen molar-refractivity contribution in [3.05, 3.63) is 76.9 Å². The zero-order valence-corrected chi connectivity index (χ0v) is 21.0. The Balaban J connectivity index is 1.37. The fraction of sp³-hybridized carbons (Fsp3) is 0.296. The molecule has 5 rings (SSSR count). The first-order valence-electron chi connectivity index (χ1n) is 12.1. The molecular weight excluding hydrogens is 472 g/mol. The van der Waals surface area contributed by atoms with Crippen LogP contribution in [0.25, 0.3) is 23.5 Å². The second-order valence-corrected chi connectivity index (χ2v) is 9.16. The molecule has 10 nitrogen and oxygen atoms in total. The number of aromatic nitrogens is 5. The summed E-state index contributed by atoms with van der Waals surface area (Å²) in [4.78, 5) is 19.2. The lowest BCUT2D eigenvalue weighted by molar-refractivity contribution is -0.126. The molecule has 1 aromatic carbocycles. The van der Waals surface area contributed by atoms with Gasteiger partial charge in [-0.2, -0.15) is 5.21 Å². The molecule has 190 valence electrons. The van der Waals surface area contributed by atoms with Crippen molar-refractivity contribution in [1.29, 1.82) is 0 Å². The smallest absolute Gasteiger partial charge is 0.246 e. The average molecular weight is 501 g/mol. The van der Waals surface area contributed by atoms with Crippen LogP contribution in [0.2, 0.25) is 0 Å². The van der Waals surface area contributed by atoms with Gasteiger partial charge in [-0.15, -0.1) is 10.2 Å². The van der Waals surface area contributed by atoms with Crippen LogP contribution in [0, 0.1) is 12.8 Å². The summed E-state index contributed by atoms with van der Waals surface area (Å²) < 4.78 is 17.3. The number of aromatic amines is 1. The topological polar surface area (TPSA) is 123 Å². The van der Waals surface area contributed by atoms with Crippen LogP contribution in [0.15, 0.2) is 51.5 Å². The fourth-order valence-electron chi connectivity index (χ4n) is 4.07. The number of nitrogens with one attached hydrogen (secondary N) is 1. The number of allylic oxidation sites excluding steroid dienone is 1. The number of furan rings is 1. The second-order valence-electron chi connectivity index (χ2n) is 9.16. The van der Waals surface area contributed by atoms with Crippen molar-refractivity contribution in [3.8, 4) is 17.1 Å². The van der Waals surface area contributed by atoms with Crippen LogP contribution in [0.5, 0.6) is 5.75 Å². The van der Waals surface area contributed by atoms with Gasteiger partial charge in [0, 0.05) is 19.2 Å². The predicted octanol–water partition coefficient (Wildman–Crippen LogP) is 4.60. The summed E-state index contributed by atoms with van der Waals surface area (Å²) in [5.74, 6) is 3.22. The molecule has 10 heteroatoms. The number of carbonyl (C=O) groups excluding carboxylic acids is 1. The highest BCUT2D eigenvalue weighted by Gasteiger charge is 2.23. The van der Waals surface area contributed by atoms with E-state index >= 15 is 0 Å². The van der Waals surface area contributed by atoms with Crippen LogP contribution in [-0.4, -0.2) is 43.0 Å². The number of ether oxygens (including phenoxy) is 1. The first-order chi connectivity index (χ1) is 18.0. The number of hydrogen-bond acceptors (Lipinski definition) is 8. The number of carbonyl (C=O) groups is 1. The molecule has 0 saturated carbocycles. The number of fused-ring (bicyclic) bond motifs is 1. The minimum Gasteiger partial charge on any atom is -0.486 e. The van der Waals surface area contributed by atoms with Crippen LogP contribution < -0.4 is 4.74 Å². The highest BCUT2D eigenvalue weighted by molar-refractivity contribution is 5.91. The molecule has 0 unspecified atom stereocenters. The molecule has 0 aliphatic carbocycles. The molecule has 0 bridgehead atoms. The van der Waals surface area contributed by atoms with E-state index in [-0.39, 0.29) is 12.5 Å². The number of amides is 1. The van der Waals surface area contributed by atoms with Gasteiger partial charge in [0.1, 0.15) is 29.6 Å². The third kappa shape index (κ3) is 5.69. The van der Waals surface area contributed by atoms with Crippen molar-refractivity contribution in [2.24, 2.45) is 5.92 Å². The summed E-state index contributed by atoms with van der Waals surface area (Å²) in [5.41, 5.74) is 3.56. The Labute approximate surface area is 214 Å².